The van der Waals surface area contributed by atoms with E-state index in [2.05, 4.69) is 9.72 Å². The predicted molar refractivity (Wildman–Crippen MR) is 57.0 cm³/mol. The average Bonchev–Trinajstić information content (AvgIpc) is 2.57. The Kier molecular flexibility index (Phi) is 4.21. The summed E-state index contributed by atoms with van der Waals surface area (Å²) in [7, 11) is 1.40. The molecule has 4 heteroatoms. The number of hydrogen-bond acceptors (Lipinski definition) is 3. The van der Waals surface area contributed by atoms with Gasteiger partial charge in [0.25, 0.3) is 0 Å². The highest BCUT2D eigenvalue weighted by molar-refractivity contribution is 5.69. The van der Waals surface area contributed by atoms with Gasteiger partial charge in [-0.15, -0.1) is 0 Å². The third-order valence-corrected chi connectivity index (χ3v) is 2.27. The molecule has 0 aliphatic heterocycles. The second-order valence-corrected chi connectivity index (χ2v) is 3.29. The summed E-state index contributed by atoms with van der Waals surface area (Å²) in [5.74, 6) is 0.567. The van der Waals surface area contributed by atoms with Gasteiger partial charge in [0.05, 0.1) is 13.7 Å². The third kappa shape index (κ3) is 3.01. The number of ether oxygens (including phenoxy) is 2. The van der Waals surface area contributed by atoms with Gasteiger partial charge in [0.1, 0.15) is 0 Å². The van der Waals surface area contributed by atoms with Crippen molar-refractivity contribution in [1.82, 2.24) is 4.98 Å². The maximum Gasteiger partial charge on any atom is 0.305 e. The first-order chi connectivity index (χ1) is 7.19. The number of esters is 1. The van der Waals surface area contributed by atoms with Gasteiger partial charge in [-0.05, 0) is 25.8 Å². The maximum absolute atomic E-state index is 11.0. The van der Waals surface area contributed by atoms with Crippen LogP contribution in [0.2, 0.25) is 0 Å². The summed E-state index contributed by atoms with van der Waals surface area (Å²) in [5.41, 5.74) is 2.17. The molecule has 0 unspecified atom stereocenters. The number of H-pyrrole nitrogens is 1. The van der Waals surface area contributed by atoms with E-state index in [0.717, 1.165) is 17.0 Å². The molecule has 0 fully saturated rings. The SMILES string of the molecule is CCOc1[nH]cc(C)c1CCC(=O)OC. The van der Waals surface area contributed by atoms with Crippen LogP contribution < -0.4 is 4.74 Å². The Labute approximate surface area is 89.6 Å². The predicted octanol–water partition coefficient (Wildman–Crippen LogP) is 1.83. The van der Waals surface area contributed by atoms with Gasteiger partial charge in [-0.3, -0.25) is 4.79 Å². The molecule has 1 N–H and O–H groups in total. The topological polar surface area (TPSA) is 51.3 Å². The van der Waals surface area contributed by atoms with E-state index in [9.17, 15) is 4.79 Å². The molecule has 1 aromatic heterocycles. The van der Waals surface area contributed by atoms with E-state index in [4.69, 9.17) is 4.74 Å². The lowest BCUT2D eigenvalue weighted by molar-refractivity contribution is -0.140. The van der Waals surface area contributed by atoms with E-state index >= 15 is 0 Å². The summed E-state index contributed by atoms with van der Waals surface area (Å²) in [6.45, 7) is 4.54. The lowest BCUT2D eigenvalue weighted by Crippen LogP contribution is -2.03. The van der Waals surface area contributed by atoms with Crippen molar-refractivity contribution in [2.45, 2.75) is 26.7 Å². The first kappa shape index (κ1) is 11.6. The molecule has 0 spiro atoms. The van der Waals surface area contributed by atoms with Crippen molar-refractivity contribution in [3.05, 3.63) is 17.3 Å². The molecule has 15 heavy (non-hydrogen) atoms. The Balaban J connectivity index is 2.65. The van der Waals surface area contributed by atoms with Crippen LogP contribution in [0, 0.1) is 6.92 Å². The summed E-state index contributed by atoms with van der Waals surface area (Å²) >= 11 is 0. The van der Waals surface area contributed by atoms with Crippen molar-refractivity contribution >= 4 is 5.97 Å². The van der Waals surface area contributed by atoms with E-state index in [1.807, 2.05) is 20.0 Å². The van der Waals surface area contributed by atoms with Crippen LogP contribution in [0.15, 0.2) is 6.20 Å². The van der Waals surface area contributed by atoms with Crippen molar-refractivity contribution in [2.75, 3.05) is 13.7 Å². The molecule has 1 heterocycles. The zero-order chi connectivity index (χ0) is 11.3. The second kappa shape index (κ2) is 5.44. The van der Waals surface area contributed by atoms with E-state index < -0.39 is 0 Å². The molecular weight excluding hydrogens is 194 g/mol. The van der Waals surface area contributed by atoms with Crippen LogP contribution >= 0.6 is 0 Å². The van der Waals surface area contributed by atoms with Gasteiger partial charge >= 0.3 is 5.97 Å². The number of aromatic amines is 1. The minimum Gasteiger partial charge on any atom is -0.479 e. The molecule has 0 atom stereocenters. The molecule has 0 saturated carbocycles. The Morgan fingerprint density at radius 2 is 2.27 bits per heavy atom. The fourth-order valence-electron chi connectivity index (χ4n) is 1.44. The Hall–Kier alpha value is -1.45. The number of nitrogens with one attached hydrogen (secondary N) is 1. The molecule has 0 aromatic carbocycles. The van der Waals surface area contributed by atoms with Gasteiger partial charge in [-0.1, -0.05) is 0 Å². The Morgan fingerprint density at radius 1 is 1.53 bits per heavy atom. The van der Waals surface area contributed by atoms with Gasteiger partial charge < -0.3 is 14.5 Å². The van der Waals surface area contributed by atoms with Crippen LogP contribution in [0.5, 0.6) is 5.88 Å². The van der Waals surface area contributed by atoms with E-state index in [1.54, 1.807) is 0 Å². The highest BCUT2D eigenvalue weighted by Gasteiger charge is 2.11. The molecule has 0 saturated heterocycles. The molecule has 0 bridgehead atoms. The fourth-order valence-corrected chi connectivity index (χ4v) is 1.44. The van der Waals surface area contributed by atoms with Crippen LogP contribution in [0.3, 0.4) is 0 Å². The summed E-state index contributed by atoms with van der Waals surface area (Å²) in [5, 5.41) is 0. The van der Waals surface area contributed by atoms with Crippen LogP contribution in [0.25, 0.3) is 0 Å². The van der Waals surface area contributed by atoms with Crippen LogP contribution in [0.1, 0.15) is 24.5 Å². The molecule has 0 aliphatic carbocycles. The average molecular weight is 211 g/mol. The highest BCUT2D eigenvalue weighted by atomic mass is 16.5. The number of carbonyl (C=O) groups excluding carboxylic acids is 1. The van der Waals surface area contributed by atoms with Crippen molar-refractivity contribution < 1.29 is 14.3 Å². The van der Waals surface area contributed by atoms with Crippen molar-refractivity contribution in [1.29, 1.82) is 0 Å². The molecule has 1 rings (SSSR count). The van der Waals surface area contributed by atoms with Gasteiger partial charge in [0.2, 0.25) is 0 Å². The van der Waals surface area contributed by atoms with E-state index in [-0.39, 0.29) is 5.97 Å². The van der Waals surface area contributed by atoms with Crippen molar-refractivity contribution in [3.8, 4) is 5.88 Å². The fraction of sp³-hybridized carbons (Fsp3) is 0.545. The number of aromatic nitrogens is 1. The minimum atomic E-state index is -0.196. The number of carbonyl (C=O) groups is 1. The Morgan fingerprint density at radius 3 is 2.87 bits per heavy atom. The van der Waals surface area contributed by atoms with Crippen LogP contribution in [-0.4, -0.2) is 24.7 Å². The van der Waals surface area contributed by atoms with Gasteiger partial charge in [0, 0.05) is 18.2 Å². The zero-order valence-electron chi connectivity index (χ0n) is 9.42. The molecule has 84 valence electrons. The Bertz CT molecular complexity index is 331. The largest absolute Gasteiger partial charge is 0.479 e. The smallest absolute Gasteiger partial charge is 0.305 e. The molecule has 0 aliphatic rings. The summed E-state index contributed by atoms with van der Waals surface area (Å²) < 4.78 is 10.0. The minimum absolute atomic E-state index is 0.196. The summed E-state index contributed by atoms with van der Waals surface area (Å²) in [6.07, 6.45) is 2.92. The second-order valence-electron chi connectivity index (χ2n) is 3.29. The standard InChI is InChI=1S/C11H17NO3/c1-4-15-11-9(8(2)7-12-11)5-6-10(13)14-3/h7,12H,4-6H2,1-3H3. The quantitative estimate of drug-likeness (QED) is 0.756. The first-order valence-electron chi connectivity index (χ1n) is 5.05. The lowest BCUT2D eigenvalue weighted by atomic mass is 10.1. The molecule has 0 radical (unpaired) electrons. The number of aryl methyl sites for hydroxylation is 1. The number of methoxy groups -OCH3 is 1. The van der Waals surface area contributed by atoms with E-state index in [0.29, 0.717) is 19.4 Å². The van der Waals surface area contributed by atoms with E-state index in [1.165, 1.54) is 7.11 Å². The molecule has 0 amide bonds. The lowest BCUT2D eigenvalue weighted by Gasteiger charge is -2.05. The number of rotatable bonds is 5. The van der Waals surface area contributed by atoms with Crippen molar-refractivity contribution in [2.24, 2.45) is 0 Å². The van der Waals surface area contributed by atoms with Gasteiger partial charge in [-0.2, -0.15) is 0 Å². The van der Waals surface area contributed by atoms with Crippen molar-refractivity contribution in [3.63, 3.8) is 0 Å². The number of hydrogen-bond donors (Lipinski definition) is 1. The zero-order valence-corrected chi connectivity index (χ0v) is 9.42. The highest BCUT2D eigenvalue weighted by Crippen LogP contribution is 2.22. The molecule has 1 aromatic rings. The van der Waals surface area contributed by atoms with Gasteiger partial charge in [0.15, 0.2) is 5.88 Å². The van der Waals surface area contributed by atoms with Gasteiger partial charge in [-0.25, -0.2) is 0 Å². The normalized spacial score (nSPS) is 10.1. The third-order valence-electron chi connectivity index (χ3n) is 2.27. The first-order valence-corrected chi connectivity index (χ1v) is 5.05. The summed E-state index contributed by atoms with van der Waals surface area (Å²) in [6, 6.07) is 0. The van der Waals surface area contributed by atoms with Crippen LogP contribution in [-0.2, 0) is 16.0 Å². The summed E-state index contributed by atoms with van der Waals surface area (Å²) in [4.78, 5) is 14.1. The monoisotopic (exact) mass is 211 g/mol. The maximum atomic E-state index is 11.0. The molecular formula is C11H17NO3. The molecule has 4 nitrogen and oxygen atoms in total. The van der Waals surface area contributed by atoms with Crippen LogP contribution in [0.4, 0.5) is 0 Å².